The molecule has 0 spiro atoms. The van der Waals surface area contributed by atoms with Crippen molar-refractivity contribution in [3.8, 4) is 5.75 Å². The summed E-state index contributed by atoms with van der Waals surface area (Å²) < 4.78 is 5.11. The lowest BCUT2D eigenvalue weighted by atomic mass is 10.1. The summed E-state index contributed by atoms with van der Waals surface area (Å²) in [7, 11) is 1.50. The zero-order valence-electron chi connectivity index (χ0n) is 15.3. The van der Waals surface area contributed by atoms with E-state index >= 15 is 0 Å². The lowest BCUT2D eigenvalue weighted by molar-refractivity contribution is -0.117. The fourth-order valence-electron chi connectivity index (χ4n) is 2.71. The molecule has 0 aliphatic rings. The number of rotatable bonds is 7. The van der Waals surface area contributed by atoms with E-state index in [1.54, 1.807) is 42.5 Å². The quantitative estimate of drug-likeness (QED) is 0.468. The first-order valence-electron chi connectivity index (χ1n) is 8.57. The molecule has 0 radical (unpaired) electrons. The number of hydrogen-bond acceptors (Lipinski definition) is 6. The van der Waals surface area contributed by atoms with Gasteiger partial charge in [0.05, 0.1) is 19.2 Å². The Balaban J connectivity index is 1.88. The number of hydrogen-bond donors (Lipinski definition) is 4. The Bertz CT molecular complexity index is 1070. The van der Waals surface area contributed by atoms with Crippen molar-refractivity contribution in [3.05, 3.63) is 59.1 Å². The highest BCUT2D eigenvalue weighted by molar-refractivity contribution is 6.31. The second-order valence-corrected chi connectivity index (χ2v) is 6.56. The molecule has 3 rings (SSSR count). The number of benzene rings is 2. The lowest BCUT2D eigenvalue weighted by Gasteiger charge is -2.18. The minimum absolute atomic E-state index is 0.0350. The fraction of sp³-hybridized carbons (Fsp3) is 0.150. The minimum Gasteiger partial charge on any atom is -0.497 e. The molecule has 1 heterocycles. The van der Waals surface area contributed by atoms with Crippen molar-refractivity contribution in [2.24, 2.45) is 0 Å². The Morgan fingerprint density at radius 1 is 1.21 bits per heavy atom. The summed E-state index contributed by atoms with van der Waals surface area (Å²) in [6.45, 7) is -0.574. The van der Waals surface area contributed by atoms with Crippen molar-refractivity contribution in [3.63, 3.8) is 0 Å². The van der Waals surface area contributed by atoms with Gasteiger partial charge in [0.2, 0.25) is 5.91 Å². The van der Waals surface area contributed by atoms with E-state index in [0.717, 1.165) is 0 Å². The number of anilines is 2. The number of aliphatic hydroxyl groups is 1. The number of ether oxygens (including phenoxy) is 1. The van der Waals surface area contributed by atoms with Crippen LogP contribution < -0.4 is 15.4 Å². The van der Waals surface area contributed by atoms with Crippen LogP contribution >= 0.6 is 11.6 Å². The Kier molecular flexibility index (Phi) is 6.16. The minimum atomic E-state index is -1.23. The third kappa shape index (κ3) is 4.74. The molecule has 9 heteroatoms. The van der Waals surface area contributed by atoms with Gasteiger partial charge in [-0.15, -0.1) is 0 Å². The number of carbonyl (C=O) groups excluding carboxylic acids is 1. The molecule has 1 amide bonds. The van der Waals surface area contributed by atoms with Crippen LogP contribution in [0, 0.1) is 0 Å². The first kappa shape index (κ1) is 20.4. The van der Waals surface area contributed by atoms with E-state index in [4.69, 9.17) is 16.3 Å². The molecule has 29 heavy (non-hydrogen) atoms. The zero-order valence-corrected chi connectivity index (χ0v) is 16.1. The first-order chi connectivity index (χ1) is 13.9. The maximum atomic E-state index is 12.6. The number of pyridine rings is 1. The summed E-state index contributed by atoms with van der Waals surface area (Å²) in [6.07, 6.45) is 0. The third-order valence-corrected chi connectivity index (χ3v) is 4.39. The molecule has 150 valence electrons. The van der Waals surface area contributed by atoms with Gasteiger partial charge in [-0.3, -0.25) is 4.79 Å². The molecule has 4 N–H and O–H groups in total. The van der Waals surface area contributed by atoms with Gasteiger partial charge in [0.15, 0.2) is 0 Å². The van der Waals surface area contributed by atoms with Gasteiger partial charge >= 0.3 is 5.97 Å². The number of carboxylic acid groups (broad SMARTS) is 1. The number of nitrogens with zero attached hydrogens (tertiary/aromatic N) is 1. The van der Waals surface area contributed by atoms with Crippen molar-refractivity contribution in [2.45, 2.75) is 6.04 Å². The Hall–Kier alpha value is -3.36. The molecule has 1 aromatic heterocycles. The van der Waals surface area contributed by atoms with Crippen LogP contribution in [0.15, 0.2) is 48.5 Å². The van der Waals surface area contributed by atoms with E-state index in [1.807, 2.05) is 0 Å². The number of aromatic carboxylic acids is 1. The predicted octanol–water partition coefficient (Wildman–Crippen LogP) is 3.01. The maximum absolute atomic E-state index is 12.6. The van der Waals surface area contributed by atoms with Crippen LogP contribution in [0.25, 0.3) is 10.9 Å². The number of amides is 1. The van der Waals surface area contributed by atoms with E-state index in [-0.39, 0.29) is 11.4 Å². The molecule has 0 saturated carbocycles. The highest BCUT2D eigenvalue weighted by Gasteiger charge is 2.22. The Labute approximate surface area is 171 Å². The standard InChI is InChI=1S/C20H18ClN3O5/c1-29-14-4-2-3-13(9-14)22-19(26)17(10-25)24-18-15(20(27)28)8-11-7-12(21)5-6-16(11)23-18/h2-9,17,25H,10H2,1H3,(H,22,26)(H,23,24)(H,27,28). The summed E-state index contributed by atoms with van der Waals surface area (Å²) in [6, 6.07) is 11.8. The van der Waals surface area contributed by atoms with Gasteiger partial charge in [0.25, 0.3) is 0 Å². The number of aliphatic hydroxyl groups excluding tert-OH is 1. The van der Waals surface area contributed by atoms with Crippen molar-refractivity contribution in [2.75, 3.05) is 24.4 Å². The SMILES string of the molecule is COc1cccc(NC(=O)C(CO)Nc2nc3ccc(Cl)cc3cc2C(=O)O)c1. The van der Waals surface area contributed by atoms with Gasteiger partial charge in [-0.25, -0.2) is 9.78 Å². The first-order valence-corrected chi connectivity index (χ1v) is 8.95. The van der Waals surface area contributed by atoms with E-state index < -0.39 is 24.5 Å². The summed E-state index contributed by atoms with van der Waals surface area (Å²) in [4.78, 5) is 28.5. The van der Waals surface area contributed by atoms with Crippen LogP contribution in [-0.2, 0) is 4.79 Å². The fourth-order valence-corrected chi connectivity index (χ4v) is 2.89. The number of carboxylic acids is 1. The number of halogens is 1. The molecule has 0 saturated heterocycles. The second kappa shape index (κ2) is 8.76. The Morgan fingerprint density at radius 2 is 2.00 bits per heavy atom. The third-order valence-electron chi connectivity index (χ3n) is 4.15. The topological polar surface area (TPSA) is 121 Å². The smallest absolute Gasteiger partial charge is 0.339 e. The second-order valence-electron chi connectivity index (χ2n) is 6.13. The average Bonchev–Trinajstić information content (AvgIpc) is 2.71. The van der Waals surface area contributed by atoms with E-state index in [9.17, 15) is 19.8 Å². The molecule has 0 bridgehead atoms. The molecule has 8 nitrogen and oxygen atoms in total. The van der Waals surface area contributed by atoms with Gasteiger partial charge in [0.1, 0.15) is 23.2 Å². The van der Waals surface area contributed by atoms with Crippen molar-refractivity contribution in [1.82, 2.24) is 4.98 Å². The van der Waals surface area contributed by atoms with Crippen LogP contribution in [0.5, 0.6) is 5.75 Å². The average molecular weight is 416 g/mol. The molecule has 1 unspecified atom stereocenters. The molecule has 0 fully saturated rings. The predicted molar refractivity (Wildman–Crippen MR) is 110 cm³/mol. The monoisotopic (exact) mass is 415 g/mol. The molecule has 3 aromatic rings. The molecule has 0 aliphatic carbocycles. The summed E-state index contributed by atoms with van der Waals surface area (Å²) in [5, 5.41) is 25.5. The number of aromatic nitrogens is 1. The van der Waals surface area contributed by atoms with E-state index in [1.165, 1.54) is 13.2 Å². The molecular formula is C20H18ClN3O5. The molecule has 1 atom stereocenters. The lowest BCUT2D eigenvalue weighted by Crippen LogP contribution is -2.38. The number of nitrogens with one attached hydrogen (secondary N) is 2. The molecule has 2 aromatic carbocycles. The van der Waals surface area contributed by atoms with Gasteiger partial charge in [0, 0.05) is 22.2 Å². The van der Waals surface area contributed by atoms with E-state index in [2.05, 4.69) is 15.6 Å². The maximum Gasteiger partial charge on any atom is 0.339 e. The van der Waals surface area contributed by atoms with Crippen LogP contribution in [0.3, 0.4) is 0 Å². The molecular weight excluding hydrogens is 398 g/mol. The normalized spacial score (nSPS) is 11.7. The Morgan fingerprint density at radius 3 is 2.69 bits per heavy atom. The van der Waals surface area contributed by atoms with Crippen molar-refractivity contribution < 1.29 is 24.5 Å². The van der Waals surface area contributed by atoms with Crippen molar-refractivity contribution >= 4 is 45.9 Å². The number of fused-ring (bicyclic) bond motifs is 1. The van der Waals surface area contributed by atoms with Crippen molar-refractivity contribution in [1.29, 1.82) is 0 Å². The summed E-state index contributed by atoms with van der Waals surface area (Å²) in [5.41, 5.74) is 0.813. The van der Waals surface area contributed by atoms with Crippen LogP contribution in [-0.4, -0.2) is 46.8 Å². The van der Waals surface area contributed by atoms with Gasteiger partial charge in [-0.2, -0.15) is 0 Å². The highest BCUT2D eigenvalue weighted by Crippen LogP contribution is 2.24. The number of carbonyl (C=O) groups is 2. The zero-order chi connectivity index (χ0) is 21.0. The van der Waals surface area contributed by atoms with Gasteiger partial charge in [-0.1, -0.05) is 17.7 Å². The largest absolute Gasteiger partial charge is 0.497 e. The summed E-state index contributed by atoms with van der Waals surface area (Å²) in [5.74, 6) is -1.27. The van der Waals surface area contributed by atoms with E-state index in [0.29, 0.717) is 27.4 Å². The van der Waals surface area contributed by atoms with Crippen LogP contribution in [0.1, 0.15) is 10.4 Å². The highest BCUT2D eigenvalue weighted by atomic mass is 35.5. The van der Waals surface area contributed by atoms with Crippen LogP contribution in [0.2, 0.25) is 5.02 Å². The number of methoxy groups -OCH3 is 1. The van der Waals surface area contributed by atoms with Gasteiger partial charge in [-0.05, 0) is 36.4 Å². The van der Waals surface area contributed by atoms with Crippen LogP contribution in [0.4, 0.5) is 11.5 Å². The van der Waals surface area contributed by atoms with Gasteiger partial charge < -0.3 is 25.6 Å². The summed E-state index contributed by atoms with van der Waals surface area (Å²) >= 11 is 5.95. The molecule has 0 aliphatic heterocycles.